The molecule has 1 spiro atoms. The number of benzene rings is 3. The summed E-state index contributed by atoms with van der Waals surface area (Å²) in [5.41, 5.74) is 5.95. The quantitative estimate of drug-likeness (QED) is 0.556. The van der Waals surface area contributed by atoms with Crippen molar-refractivity contribution in [1.29, 1.82) is 0 Å². The second-order valence-corrected chi connectivity index (χ2v) is 7.22. The Balaban J connectivity index is 1.42. The second-order valence-electron chi connectivity index (χ2n) is 7.22. The van der Waals surface area contributed by atoms with Gasteiger partial charge in [0, 0.05) is 17.6 Å². The summed E-state index contributed by atoms with van der Waals surface area (Å²) in [6, 6.07) is 23.8. The van der Waals surface area contributed by atoms with Gasteiger partial charge in [-0.1, -0.05) is 42.5 Å². The zero-order chi connectivity index (χ0) is 17.6. The van der Waals surface area contributed by atoms with E-state index in [1.165, 1.54) is 22.4 Å². The van der Waals surface area contributed by atoms with Gasteiger partial charge in [-0.15, -0.1) is 0 Å². The normalized spacial score (nSPS) is 19.7. The summed E-state index contributed by atoms with van der Waals surface area (Å²) in [4.78, 5) is 12.5. The summed E-state index contributed by atoms with van der Waals surface area (Å²) in [5.74, 6) is 0.272. The maximum absolute atomic E-state index is 12.5. The Labute approximate surface area is 152 Å². The van der Waals surface area contributed by atoms with Crippen LogP contribution in [0.3, 0.4) is 0 Å². The minimum absolute atomic E-state index is 0.112. The number of hydrogen-bond donors (Lipinski definition) is 1. The van der Waals surface area contributed by atoms with Crippen molar-refractivity contribution in [2.24, 2.45) is 0 Å². The predicted octanol–water partition coefficient (Wildman–Crippen LogP) is 4.37. The molecule has 3 heteroatoms. The zero-order valence-electron chi connectivity index (χ0n) is 14.4. The standard InChI is InChI=1S/C23H19NO2/c25-22(26-19-6-2-1-3-7-19)16-10-11-17-13-23(14-18(17)12-16)15-24-21-9-5-4-8-20(21)23/h1-12,24H,13-15H2. The molecule has 0 aromatic heterocycles. The van der Waals surface area contributed by atoms with Crippen LogP contribution in [0.1, 0.15) is 27.0 Å². The molecule has 26 heavy (non-hydrogen) atoms. The summed E-state index contributed by atoms with van der Waals surface area (Å²) in [6.07, 6.45) is 1.97. The number of ether oxygens (including phenoxy) is 1. The molecule has 0 radical (unpaired) electrons. The molecular weight excluding hydrogens is 322 g/mol. The van der Waals surface area contributed by atoms with E-state index in [9.17, 15) is 4.79 Å². The lowest BCUT2D eigenvalue weighted by Crippen LogP contribution is -2.29. The highest BCUT2D eigenvalue weighted by Crippen LogP contribution is 2.46. The zero-order valence-corrected chi connectivity index (χ0v) is 14.4. The monoisotopic (exact) mass is 341 g/mol. The van der Waals surface area contributed by atoms with Crippen LogP contribution in [-0.4, -0.2) is 12.5 Å². The van der Waals surface area contributed by atoms with Crippen LogP contribution in [0, 0.1) is 0 Å². The number of nitrogens with one attached hydrogen (secondary N) is 1. The van der Waals surface area contributed by atoms with Crippen LogP contribution in [0.25, 0.3) is 0 Å². The van der Waals surface area contributed by atoms with Gasteiger partial charge in [0.05, 0.1) is 5.56 Å². The van der Waals surface area contributed by atoms with Crippen molar-refractivity contribution in [1.82, 2.24) is 0 Å². The van der Waals surface area contributed by atoms with E-state index in [0.717, 1.165) is 19.4 Å². The van der Waals surface area contributed by atoms with E-state index in [2.05, 4.69) is 35.6 Å². The Morgan fingerprint density at radius 1 is 0.885 bits per heavy atom. The number of fused-ring (bicyclic) bond motifs is 3. The molecular formula is C23H19NO2. The molecule has 5 rings (SSSR count). The predicted molar refractivity (Wildman–Crippen MR) is 102 cm³/mol. The lowest BCUT2D eigenvalue weighted by Gasteiger charge is -2.22. The van der Waals surface area contributed by atoms with E-state index in [-0.39, 0.29) is 11.4 Å². The first-order chi connectivity index (χ1) is 12.7. The van der Waals surface area contributed by atoms with Gasteiger partial charge in [0.2, 0.25) is 0 Å². The minimum atomic E-state index is -0.301. The largest absolute Gasteiger partial charge is 0.423 e. The number of anilines is 1. The summed E-state index contributed by atoms with van der Waals surface area (Å²) in [7, 11) is 0. The molecule has 2 aliphatic rings. The van der Waals surface area contributed by atoms with Crippen molar-refractivity contribution in [2.75, 3.05) is 11.9 Å². The van der Waals surface area contributed by atoms with Crippen LogP contribution >= 0.6 is 0 Å². The Morgan fingerprint density at radius 3 is 2.54 bits per heavy atom. The van der Waals surface area contributed by atoms with Gasteiger partial charge >= 0.3 is 5.97 Å². The lowest BCUT2D eigenvalue weighted by atomic mass is 9.80. The highest BCUT2D eigenvalue weighted by atomic mass is 16.5. The van der Waals surface area contributed by atoms with Crippen molar-refractivity contribution >= 4 is 11.7 Å². The first-order valence-electron chi connectivity index (χ1n) is 8.96. The number of hydrogen-bond acceptors (Lipinski definition) is 3. The molecule has 0 saturated carbocycles. The Morgan fingerprint density at radius 2 is 1.65 bits per heavy atom. The summed E-state index contributed by atoms with van der Waals surface area (Å²) in [6.45, 7) is 0.949. The van der Waals surface area contributed by atoms with Crippen molar-refractivity contribution in [2.45, 2.75) is 18.3 Å². The van der Waals surface area contributed by atoms with Crippen molar-refractivity contribution < 1.29 is 9.53 Å². The van der Waals surface area contributed by atoms with Crippen LogP contribution in [0.2, 0.25) is 0 Å². The fraction of sp³-hybridized carbons (Fsp3) is 0.174. The SMILES string of the molecule is O=C(Oc1ccccc1)c1ccc2c(c1)CC1(CNc3ccccc31)C2. The smallest absolute Gasteiger partial charge is 0.343 e. The number of carbonyl (C=O) groups is 1. The number of rotatable bonds is 2. The Kier molecular flexibility index (Phi) is 3.35. The van der Waals surface area contributed by atoms with E-state index < -0.39 is 0 Å². The number of carbonyl (C=O) groups excluding carboxylic acids is 1. The van der Waals surface area contributed by atoms with Crippen molar-refractivity contribution in [3.63, 3.8) is 0 Å². The van der Waals surface area contributed by atoms with E-state index in [1.54, 1.807) is 12.1 Å². The van der Waals surface area contributed by atoms with Crippen LogP contribution in [0.4, 0.5) is 5.69 Å². The maximum Gasteiger partial charge on any atom is 0.343 e. The third kappa shape index (κ3) is 2.39. The summed E-state index contributed by atoms with van der Waals surface area (Å²) in [5, 5.41) is 3.55. The van der Waals surface area contributed by atoms with Crippen LogP contribution in [0.15, 0.2) is 72.8 Å². The van der Waals surface area contributed by atoms with E-state index in [0.29, 0.717) is 11.3 Å². The fourth-order valence-corrected chi connectivity index (χ4v) is 4.31. The Hall–Kier alpha value is -3.07. The van der Waals surface area contributed by atoms with Gasteiger partial charge in [-0.25, -0.2) is 4.79 Å². The molecule has 0 bridgehead atoms. The average Bonchev–Trinajstić information content (AvgIpc) is 3.23. The van der Waals surface area contributed by atoms with E-state index in [1.807, 2.05) is 30.3 Å². The number of para-hydroxylation sites is 2. The molecule has 128 valence electrons. The van der Waals surface area contributed by atoms with Crippen LogP contribution in [0.5, 0.6) is 5.75 Å². The van der Waals surface area contributed by atoms with E-state index in [4.69, 9.17) is 4.74 Å². The van der Waals surface area contributed by atoms with Gasteiger partial charge in [0.1, 0.15) is 5.75 Å². The van der Waals surface area contributed by atoms with Gasteiger partial charge in [-0.2, -0.15) is 0 Å². The highest BCUT2D eigenvalue weighted by Gasteiger charge is 2.43. The van der Waals surface area contributed by atoms with Gasteiger partial charge in [-0.05, 0) is 59.9 Å². The molecule has 0 saturated heterocycles. The molecule has 1 aliphatic heterocycles. The molecule has 1 heterocycles. The molecule has 3 nitrogen and oxygen atoms in total. The third-order valence-electron chi connectivity index (χ3n) is 5.57. The van der Waals surface area contributed by atoms with Crippen molar-refractivity contribution in [3.8, 4) is 5.75 Å². The summed E-state index contributed by atoms with van der Waals surface area (Å²) < 4.78 is 5.48. The summed E-state index contributed by atoms with van der Waals surface area (Å²) >= 11 is 0. The minimum Gasteiger partial charge on any atom is -0.423 e. The Bertz CT molecular complexity index is 996. The molecule has 1 unspecified atom stereocenters. The highest BCUT2D eigenvalue weighted by molar-refractivity contribution is 5.91. The molecule has 1 N–H and O–H groups in total. The van der Waals surface area contributed by atoms with Gasteiger partial charge < -0.3 is 10.1 Å². The first-order valence-corrected chi connectivity index (χ1v) is 8.96. The molecule has 0 amide bonds. The van der Waals surface area contributed by atoms with Gasteiger partial charge in [0.25, 0.3) is 0 Å². The second kappa shape index (κ2) is 5.73. The first kappa shape index (κ1) is 15.2. The molecule has 3 aromatic rings. The van der Waals surface area contributed by atoms with Gasteiger partial charge in [0.15, 0.2) is 0 Å². The third-order valence-corrected chi connectivity index (χ3v) is 5.57. The number of esters is 1. The molecule has 3 aromatic carbocycles. The fourth-order valence-electron chi connectivity index (χ4n) is 4.31. The molecule has 1 atom stereocenters. The average molecular weight is 341 g/mol. The van der Waals surface area contributed by atoms with Crippen molar-refractivity contribution in [3.05, 3.63) is 95.1 Å². The van der Waals surface area contributed by atoms with Crippen LogP contribution < -0.4 is 10.1 Å². The van der Waals surface area contributed by atoms with Gasteiger partial charge in [-0.3, -0.25) is 0 Å². The maximum atomic E-state index is 12.5. The topological polar surface area (TPSA) is 38.3 Å². The molecule has 0 fully saturated rings. The van der Waals surface area contributed by atoms with E-state index >= 15 is 0 Å². The lowest BCUT2D eigenvalue weighted by molar-refractivity contribution is 0.0734. The van der Waals surface area contributed by atoms with Crippen LogP contribution in [-0.2, 0) is 18.3 Å². The molecule has 1 aliphatic carbocycles.